The molecular weight excluding hydrogens is 222 g/mol. The van der Waals surface area contributed by atoms with Crippen molar-refractivity contribution in [1.29, 1.82) is 0 Å². The van der Waals surface area contributed by atoms with Crippen molar-refractivity contribution in [1.82, 2.24) is 4.90 Å². The number of carbonyl (C=O) groups excluding carboxylic acids is 2. The van der Waals surface area contributed by atoms with E-state index < -0.39 is 15.9 Å². The van der Waals surface area contributed by atoms with E-state index in [1.165, 1.54) is 4.90 Å². The number of nitrogens with two attached hydrogens (primary N) is 2. The van der Waals surface area contributed by atoms with Crippen molar-refractivity contribution in [3.63, 3.8) is 0 Å². The molecule has 0 bridgehead atoms. The maximum atomic E-state index is 11.3. The molecule has 0 unspecified atom stereocenters. The Bertz CT molecular complexity index is 372. The van der Waals surface area contributed by atoms with E-state index in [9.17, 15) is 18.0 Å². The minimum atomic E-state index is -3.61. The van der Waals surface area contributed by atoms with E-state index in [-0.39, 0.29) is 37.1 Å². The molecule has 0 spiro atoms. The van der Waals surface area contributed by atoms with Crippen molar-refractivity contribution >= 4 is 21.8 Å². The standard InChI is InChI=1S/C7H13N3O4S/c8-7(12)5-3-10(4-5)6(11)1-2-15(9,13)14/h5H,1-4H2,(H2,8,12)(H2,9,13,14). The topological polar surface area (TPSA) is 124 Å². The normalized spacial score (nSPS) is 17.3. The molecule has 1 fully saturated rings. The fraction of sp³-hybridized carbons (Fsp3) is 0.714. The van der Waals surface area contributed by atoms with Crippen LogP contribution in [0, 0.1) is 5.92 Å². The van der Waals surface area contributed by atoms with Crippen LogP contribution in [0.3, 0.4) is 0 Å². The summed E-state index contributed by atoms with van der Waals surface area (Å²) in [5.41, 5.74) is 5.01. The molecule has 1 aliphatic heterocycles. The number of sulfonamides is 1. The highest BCUT2D eigenvalue weighted by Crippen LogP contribution is 2.15. The molecule has 1 heterocycles. The van der Waals surface area contributed by atoms with Gasteiger partial charge in [0.15, 0.2) is 0 Å². The van der Waals surface area contributed by atoms with Crippen LogP contribution in [-0.2, 0) is 19.6 Å². The lowest BCUT2D eigenvalue weighted by molar-refractivity contribution is -0.141. The molecule has 0 atom stereocenters. The second kappa shape index (κ2) is 4.15. The van der Waals surface area contributed by atoms with Gasteiger partial charge < -0.3 is 10.6 Å². The number of hydrogen-bond acceptors (Lipinski definition) is 4. The van der Waals surface area contributed by atoms with E-state index in [1.54, 1.807) is 0 Å². The summed E-state index contributed by atoms with van der Waals surface area (Å²) in [5.74, 6) is -1.43. The van der Waals surface area contributed by atoms with Gasteiger partial charge in [0.1, 0.15) is 0 Å². The van der Waals surface area contributed by atoms with Crippen molar-refractivity contribution in [2.45, 2.75) is 6.42 Å². The predicted octanol–water partition coefficient (Wildman–Crippen LogP) is -2.39. The summed E-state index contributed by atoms with van der Waals surface area (Å²) in [4.78, 5) is 23.3. The van der Waals surface area contributed by atoms with E-state index in [2.05, 4.69) is 0 Å². The summed E-state index contributed by atoms with van der Waals surface area (Å²) in [6, 6.07) is 0. The Kier molecular flexibility index (Phi) is 3.30. The van der Waals surface area contributed by atoms with Crippen molar-refractivity contribution in [3.8, 4) is 0 Å². The Morgan fingerprint density at radius 1 is 1.33 bits per heavy atom. The van der Waals surface area contributed by atoms with Crippen LogP contribution in [0.5, 0.6) is 0 Å². The molecule has 15 heavy (non-hydrogen) atoms. The quantitative estimate of drug-likeness (QED) is 0.564. The zero-order valence-corrected chi connectivity index (χ0v) is 8.87. The van der Waals surface area contributed by atoms with Gasteiger partial charge in [-0.2, -0.15) is 0 Å². The molecule has 4 N–H and O–H groups in total. The van der Waals surface area contributed by atoms with E-state index in [1.807, 2.05) is 0 Å². The highest BCUT2D eigenvalue weighted by Gasteiger charge is 2.34. The highest BCUT2D eigenvalue weighted by molar-refractivity contribution is 7.89. The van der Waals surface area contributed by atoms with Gasteiger partial charge in [-0.25, -0.2) is 13.6 Å². The number of carbonyl (C=O) groups is 2. The molecular formula is C7H13N3O4S. The highest BCUT2D eigenvalue weighted by atomic mass is 32.2. The maximum absolute atomic E-state index is 11.3. The number of rotatable bonds is 4. The average Bonchev–Trinajstić information content (AvgIpc) is 1.95. The third-order valence-corrected chi connectivity index (χ3v) is 3.01. The molecule has 1 rings (SSSR count). The van der Waals surface area contributed by atoms with Crippen molar-refractivity contribution in [2.24, 2.45) is 16.8 Å². The van der Waals surface area contributed by atoms with Gasteiger partial charge in [-0.15, -0.1) is 0 Å². The number of primary sulfonamides is 1. The van der Waals surface area contributed by atoms with Gasteiger partial charge in [-0.05, 0) is 0 Å². The Morgan fingerprint density at radius 2 is 1.87 bits per heavy atom. The predicted molar refractivity (Wildman–Crippen MR) is 51.9 cm³/mol. The van der Waals surface area contributed by atoms with Crippen LogP contribution in [0.15, 0.2) is 0 Å². The summed E-state index contributed by atoms with van der Waals surface area (Å²) in [6.07, 6.45) is -0.148. The van der Waals surface area contributed by atoms with E-state index in [4.69, 9.17) is 10.9 Å². The molecule has 7 nitrogen and oxygen atoms in total. The molecule has 1 saturated heterocycles. The Labute approximate surface area is 87.4 Å². The first kappa shape index (κ1) is 11.9. The zero-order chi connectivity index (χ0) is 11.6. The zero-order valence-electron chi connectivity index (χ0n) is 8.05. The maximum Gasteiger partial charge on any atom is 0.224 e. The van der Waals surface area contributed by atoms with Crippen LogP contribution in [-0.4, -0.2) is 44.0 Å². The number of amides is 2. The van der Waals surface area contributed by atoms with Gasteiger partial charge in [-0.3, -0.25) is 9.59 Å². The minimum absolute atomic E-state index is 0.148. The average molecular weight is 235 g/mol. The third-order valence-electron chi connectivity index (χ3n) is 2.24. The molecule has 86 valence electrons. The molecule has 8 heteroatoms. The lowest BCUT2D eigenvalue weighted by Crippen LogP contribution is -2.55. The SMILES string of the molecule is NC(=O)C1CN(C(=O)CCS(N)(=O)=O)C1. The number of primary amides is 1. The van der Waals surface area contributed by atoms with Crippen LogP contribution in [0.2, 0.25) is 0 Å². The molecule has 1 aliphatic rings. The summed E-state index contributed by atoms with van der Waals surface area (Å²) in [6.45, 7) is 0.553. The Morgan fingerprint density at radius 3 is 2.27 bits per heavy atom. The van der Waals surface area contributed by atoms with Gasteiger partial charge in [0.25, 0.3) is 0 Å². The second-order valence-electron chi connectivity index (χ2n) is 3.51. The van der Waals surface area contributed by atoms with Crippen LogP contribution >= 0.6 is 0 Å². The smallest absolute Gasteiger partial charge is 0.224 e. The fourth-order valence-corrected chi connectivity index (χ4v) is 1.71. The second-order valence-corrected chi connectivity index (χ2v) is 5.25. The lowest BCUT2D eigenvalue weighted by Gasteiger charge is -2.37. The first-order valence-electron chi connectivity index (χ1n) is 4.37. The molecule has 0 aliphatic carbocycles. The summed E-state index contributed by atoms with van der Waals surface area (Å²) >= 11 is 0. The molecule has 0 radical (unpaired) electrons. The summed E-state index contributed by atoms with van der Waals surface area (Å²) in [5, 5.41) is 4.75. The Hall–Kier alpha value is -1.15. The molecule has 0 aromatic heterocycles. The van der Waals surface area contributed by atoms with Crippen molar-refractivity contribution < 1.29 is 18.0 Å². The van der Waals surface area contributed by atoms with Crippen LogP contribution in [0.25, 0.3) is 0 Å². The van der Waals surface area contributed by atoms with E-state index in [0.29, 0.717) is 0 Å². The van der Waals surface area contributed by atoms with E-state index >= 15 is 0 Å². The minimum Gasteiger partial charge on any atom is -0.369 e. The lowest BCUT2D eigenvalue weighted by atomic mass is 9.99. The van der Waals surface area contributed by atoms with Crippen LogP contribution in [0.1, 0.15) is 6.42 Å². The molecule has 2 amide bonds. The number of likely N-dealkylation sites (tertiary alicyclic amines) is 1. The molecule has 0 aromatic rings. The van der Waals surface area contributed by atoms with Crippen molar-refractivity contribution in [3.05, 3.63) is 0 Å². The Balaban J connectivity index is 2.30. The van der Waals surface area contributed by atoms with E-state index in [0.717, 1.165) is 0 Å². The van der Waals surface area contributed by atoms with Gasteiger partial charge >= 0.3 is 0 Å². The van der Waals surface area contributed by atoms with Gasteiger partial charge in [0.05, 0.1) is 11.7 Å². The first-order valence-corrected chi connectivity index (χ1v) is 6.08. The van der Waals surface area contributed by atoms with Gasteiger partial charge in [-0.1, -0.05) is 0 Å². The van der Waals surface area contributed by atoms with Crippen LogP contribution in [0.4, 0.5) is 0 Å². The molecule has 0 saturated carbocycles. The van der Waals surface area contributed by atoms with Crippen molar-refractivity contribution in [2.75, 3.05) is 18.8 Å². The fourth-order valence-electron chi connectivity index (χ4n) is 1.25. The van der Waals surface area contributed by atoms with Gasteiger partial charge in [0.2, 0.25) is 21.8 Å². The number of hydrogen-bond donors (Lipinski definition) is 2. The largest absolute Gasteiger partial charge is 0.369 e. The van der Waals surface area contributed by atoms with Crippen LogP contribution < -0.4 is 10.9 Å². The number of nitrogens with zero attached hydrogens (tertiary/aromatic N) is 1. The first-order chi connectivity index (χ1) is 6.79. The summed E-state index contributed by atoms with van der Waals surface area (Å²) < 4.78 is 21.1. The van der Waals surface area contributed by atoms with Gasteiger partial charge in [0, 0.05) is 19.5 Å². The summed E-state index contributed by atoms with van der Waals surface area (Å²) in [7, 11) is -3.61. The monoisotopic (exact) mass is 235 g/mol. The molecule has 0 aromatic carbocycles. The third kappa shape index (κ3) is 3.48.